The normalized spacial score (nSPS) is 24.5. The number of hydrogen-bond acceptors (Lipinski definition) is 3. The summed E-state index contributed by atoms with van der Waals surface area (Å²) in [6.07, 6.45) is 2.93. The summed E-state index contributed by atoms with van der Waals surface area (Å²) >= 11 is 3.53. The minimum absolute atomic E-state index is 0.208. The summed E-state index contributed by atoms with van der Waals surface area (Å²) in [7, 11) is 0. The van der Waals surface area contributed by atoms with Gasteiger partial charge in [-0.25, -0.2) is 4.79 Å². The zero-order chi connectivity index (χ0) is 20.4. The summed E-state index contributed by atoms with van der Waals surface area (Å²) in [5, 5.41) is 3.10. The topological polar surface area (TPSA) is 58.6 Å². The van der Waals surface area contributed by atoms with Gasteiger partial charge in [-0.2, -0.15) is 0 Å². The fourth-order valence-electron chi connectivity index (χ4n) is 5.24. The van der Waals surface area contributed by atoms with E-state index in [1.54, 1.807) is 0 Å². The molecule has 150 valence electrons. The average molecular weight is 455 g/mol. The molecule has 2 aromatic rings. The molecule has 6 heteroatoms. The first-order valence-electron chi connectivity index (χ1n) is 10.1. The van der Waals surface area contributed by atoms with Gasteiger partial charge in [0.2, 0.25) is 0 Å². The van der Waals surface area contributed by atoms with Crippen molar-refractivity contribution in [1.82, 2.24) is 10.2 Å². The van der Waals surface area contributed by atoms with Gasteiger partial charge in [-0.3, -0.25) is 9.69 Å². The third kappa shape index (κ3) is 2.44. The number of rotatable bonds is 1. The van der Waals surface area contributed by atoms with Crippen molar-refractivity contribution in [3.8, 4) is 5.75 Å². The minimum Gasteiger partial charge on any atom is -0.483 e. The van der Waals surface area contributed by atoms with Crippen molar-refractivity contribution >= 4 is 27.9 Å². The third-order valence-corrected chi connectivity index (χ3v) is 7.11. The molecule has 5 nitrogen and oxygen atoms in total. The summed E-state index contributed by atoms with van der Waals surface area (Å²) < 4.78 is 7.46. The molecule has 1 fully saturated rings. The van der Waals surface area contributed by atoms with E-state index in [-0.39, 0.29) is 18.0 Å². The second kappa shape index (κ2) is 6.33. The fraction of sp³-hybridized carbons (Fsp3) is 0.391. The molecule has 2 aromatic carbocycles. The molecule has 1 unspecified atom stereocenters. The molecular weight excluding hydrogens is 432 g/mol. The number of imide groups is 1. The third-order valence-electron chi connectivity index (χ3n) is 6.62. The summed E-state index contributed by atoms with van der Waals surface area (Å²) in [5.41, 5.74) is 1.32. The maximum Gasteiger partial charge on any atom is 0.325 e. The minimum atomic E-state index is -1.20. The quantitative estimate of drug-likeness (QED) is 0.652. The molecular formula is C23H23BrN2O3. The monoisotopic (exact) mass is 454 g/mol. The Morgan fingerprint density at radius 1 is 1.07 bits per heavy atom. The maximum absolute atomic E-state index is 13.9. The number of nitrogens with one attached hydrogen (secondary N) is 1. The summed E-state index contributed by atoms with van der Waals surface area (Å²) in [6.45, 7) is 3.73. The van der Waals surface area contributed by atoms with Crippen molar-refractivity contribution in [2.75, 3.05) is 0 Å². The second-order valence-electron chi connectivity index (χ2n) is 8.45. The smallest absolute Gasteiger partial charge is 0.325 e. The van der Waals surface area contributed by atoms with Crippen molar-refractivity contribution in [2.45, 2.75) is 56.7 Å². The van der Waals surface area contributed by atoms with Gasteiger partial charge in [0.1, 0.15) is 11.4 Å². The number of carbonyl (C=O) groups excluding carboxylic acids is 2. The summed E-state index contributed by atoms with van der Waals surface area (Å²) in [4.78, 5) is 28.1. The van der Waals surface area contributed by atoms with E-state index in [9.17, 15) is 9.59 Å². The predicted molar refractivity (Wildman–Crippen MR) is 113 cm³/mol. The van der Waals surface area contributed by atoms with Crippen LogP contribution in [-0.4, -0.2) is 28.5 Å². The van der Waals surface area contributed by atoms with Crippen LogP contribution in [0, 0.1) is 0 Å². The predicted octanol–water partition coefficient (Wildman–Crippen LogP) is 4.31. The Morgan fingerprint density at radius 2 is 1.72 bits per heavy atom. The van der Waals surface area contributed by atoms with Gasteiger partial charge in [-0.15, -0.1) is 0 Å². The SMILES string of the molecule is CC(C)N1C(=O)NC2(C1=O)c1cc(Br)ccc1OC21CCc2ccccc2CC1. The Kier molecular flexibility index (Phi) is 4.07. The van der Waals surface area contributed by atoms with Crippen LogP contribution < -0.4 is 10.1 Å². The lowest BCUT2D eigenvalue weighted by Gasteiger charge is -2.40. The van der Waals surface area contributed by atoms with E-state index < -0.39 is 11.1 Å². The number of amides is 3. The number of urea groups is 1. The number of ether oxygens (including phenoxy) is 1. The van der Waals surface area contributed by atoms with E-state index in [2.05, 4.69) is 45.5 Å². The van der Waals surface area contributed by atoms with Gasteiger partial charge >= 0.3 is 6.03 Å². The van der Waals surface area contributed by atoms with E-state index in [4.69, 9.17) is 4.74 Å². The Morgan fingerprint density at radius 3 is 2.31 bits per heavy atom. The molecule has 0 saturated carbocycles. The van der Waals surface area contributed by atoms with Crippen LogP contribution >= 0.6 is 15.9 Å². The lowest BCUT2D eigenvalue weighted by molar-refractivity contribution is -0.140. The molecule has 3 amide bonds. The van der Waals surface area contributed by atoms with Crippen LogP contribution in [0.5, 0.6) is 5.75 Å². The maximum atomic E-state index is 13.9. The van der Waals surface area contributed by atoms with Gasteiger partial charge in [0.05, 0.1) is 0 Å². The van der Waals surface area contributed by atoms with Gasteiger partial charge < -0.3 is 10.1 Å². The van der Waals surface area contributed by atoms with Crippen LogP contribution in [0.3, 0.4) is 0 Å². The van der Waals surface area contributed by atoms with E-state index in [0.29, 0.717) is 18.6 Å². The molecule has 3 aliphatic rings. The molecule has 0 bridgehead atoms. The molecule has 2 heterocycles. The van der Waals surface area contributed by atoms with E-state index in [1.165, 1.54) is 16.0 Å². The van der Waals surface area contributed by atoms with Gasteiger partial charge in [-0.1, -0.05) is 40.2 Å². The number of fused-ring (bicyclic) bond motifs is 4. The van der Waals surface area contributed by atoms with Crippen LogP contribution in [0.4, 0.5) is 4.79 Å². The number of halogens is 1. The molecule has 1 N–H and O–H groups in total. The molecule has 1 atom stereocenters. The largest absolute Gasteiger partial charge is 0.483 e. The Bertz CT molecular complexity index is 1010. The molecule has 0 aromatic heterocycles. The molecule has 1 saturated heterocycles. The van der Waals surface area contributed by atoms with E-state index >= 15 is 0 Å². The highest BCUT2D eigenvalue weighted by molar-refractivity contribution is 9.10. The highest BCUT2D eigenvalue weighted by Crippen LogP contribution is 2.56. The van der Waals surface area contributed by atoms with Crippen molar-refractivity contribution in [2.24, 2.45) is 0 Å². The first kappa shape index (κ1) is 18.7. The van der Waals surface area contributed by atoms with Crippen LogP contribution in [0.15, 0.2) is 46.9 Å². The highest BCUT2D eigenvalue weighted by Gasteiger charge is 2.70. The van der Waals surface area contributed by atoms with Crippen LogP contribution in [0.25, 0.3) is 0 Å². The standard InChI is InChI=1S/C23H23BrN2O3/c1-14(2)26-20(27)23(25-21(26)28)18-13-17(24)7-8-19(18)29-22(23)11-9-15-5-3-4-6-16(15)10-12-22/h3-8,13-14H,9-12H2,1-2H3,(H,25,28). The number of aryl methyl sites for hydroxylation is 2. The van der Waals surface area contributed by atoms with Crippen molar-refractivity contribution in [3.63, 3.8) is 0 Å². The van der Waals surface area contributed by atoms with Gasteiger partial charge in [-0.05, 0) is 68.9 Å². The fourth-order valence-corrected chi connectivity index (χ4v) is 5.61. The van der Waals surface area contributed by atoms with Gasteiger partial charge in [0, 0.05) is 16.1 Å². The summed E-state index contributed by atoms with van der Waals surface area (Å²) in [5.74, 6) is 0.471. The lowest BCUT2D eigenvalue weighted by Crippen LogP contribution is -2.61. The number of hydrogen-bond donors (Lipinski definition) is 1. The van der Waals surface area contributed by atoms with Crippen LogP contribution in [0.2, 0.25) is 0 Å². The van der Waals surface area contributed by atoms with Gasteiger partial charge in [0.15, 0.2) is 5.54 Å². The van der Waals surface area contributed by atoms with E-state index in [1.807, 2.05) is 32.0 Å². The number of carbonyl (C=O) groups is 2. The zero-order valence-corrected chi connectivity index (χ0v) is 18.1. The zero-order valence-electron chi connectivity index (χ0n) is 16.5. The first-order valence-corrected chi connectivity index (χ1v) is 10.9. The number of benzene rings is 2. The van der Waals surface area contributed by atoms with Crippen molar-refractivity contribution in [3.05, 3.63) is 63.6 Å². The molecule has 0 radical (unpaired) electrons. The van der Waals surface area contributed by atoms with Crippen LogP contribution in [0.1, 0.15) is 43.4 Å². The van der Waals surface area contributed by atoms with Gasteiger partial charge in [0.25, 0.3) is 5.91 Å². The Balaban J connectivity index is 1.69. The highest BCUT2D eigenvalue weighted by atomic mass is 79.9. The van der Waals surface area contributed by atoms with Crippen molar-refractivity contribution in [1.29, 1.82) is 0 Å². The molecule has 29 heavy (non-hydrogen) atoms. The molecule has 2 aliphatic heterocycles. The first-order chi connectivity index (χ1) is 13.9. The molecule has 2 spiro atoms. The second-order valence-corrected chi connectivity index (χ2v) is 9.37. The van der Waals surface area contributed by atoms with Crippen molar-refractivity contribution < 1.29 is 14.3 Å². The molecule has 5 rings (SSSR count). The summed E-state index contributed by atoms with van der Waals surface area (Å²) in [6, 6.07) is 13.6. The molecule has 1 aliphatic carbocycles. The Hall–Kier alpha value is -2.34. The van der Waals surface area contributed by atoms with Crippen LogP contribution in [-0.2, 0) is 23.2 Å². The average Bonchev–Trinajstić information content (AvgIpc) is 3.01. The number of nitrogens with zero attached hydrogens (tertiary/aromatic N) is 1. The Labute approximate surface area is 178 Å². The lowest BCUT2D eigenvalue weighted by atomic mass is 9.71. The van der Waals surface area contributed by atoms with E-state index in [0.717, 1.165) is 22.9 Å².